The maximum absolute atomic E-state index is 12.9. The number of aryl methyl sites for hydroxylation is 1. The number of nitrogens with zero attached hydrogens (tertiary/aromatic N) is 3. The van der Waals surface area contributed by atoms with Gasteiger partial charge in [0.2, 0.25) is 5.91 Å². The van der Waals surface area contributed by atoms with Crippen LogP contribution in [-0.4, -0.2) is 65.3 Å². The van der Waals surface area contributed by atoms with Crippen molar-refractivity contribution < 1.29 is 14.5 Å². The first-order chi connectivity index (χ1) is 14.4. The minimum Gasteiger partial charge on any atom is -0.354 e. The third-order valence-electron chi connectivity index (χ3n) is 6.15. The Morgan fingerprint density at radius 3 is 2.70 bits per heavy atom. The SMILES string of the molecule is Cc1cc(C(=O)N2CCCC2C(=O)NCCCN2CCCC(C)C2)ccc1[N+](=O)[O-]. The van der Waals surface area contributed by atoms with Crippen molar-refractivity contribution in [3.8, 4) is 0 Å². The van der Waals surface area contributed by atoms with E-state index in [1.54, 1.807) is 11.8 Å². The van der Waals surface area contributed by atoms with Gasteiger partial charge in [-0.15, -0.1) is 0 Å². The van der Waals surface area contributed by atoms with Crippen molar-refractivity contribution in [3.05, 3.63) is 39.4 Å². The predicted octanol–water partition coefficient (Wildman–Crippen LogP) is 2.75. The number of likely N-dealkylation sites (tertiary alicyclic amines) is 2. The van der Waals surface area contributed by atoms with E-state index in [9.17, 15) is 19.7 Å². The molecule has 0 aliphatic carbocycles. The van der Waals surface area contributed by atoms with Crippen LogP contribution in [0.5, 0.6) is 0 Å². The van der Waals surface area contributed by atoms with Gasteiger partial charge in [0, 0.05) is 36.8 Å². The molecule has 1 N–H and O–H groups in total. The van der Waals surface area contributed by atoms with Crippen molar-refractivity contribution in [3.63, 3.8) is 0 Å². The summed E-state index contributed by atoms with van der Waals surface area (Å²) < 4.78 is 0. The molecule has 2 atom stereocenters. The van der Waals surface area contributed by atoms with E-state index in [-0.39, 0.29) is 17.5 Å². The smallest absolute Gasteiger partial charge is 0.272 e. The first-order valence-corrected chi connectivity index (χ1v) is 10.9. The molecule has 0 radical (unpaired) electrons. The van der Waals surface area contributed by atoms with E-state index in [2.05, 4.69) is 17.1 Å². The molecule has 0 bridgehead atoms. The van der Waals surface area contributed by atoms with Gasteiger partial charge >= 0.3 is 0 Å². The second kappa shape index (κ2) is 10.0. The third kappa shape index (κ3) is 5.36. The van der Waals surface area contributed by atoms with Crippen molar-refractivity contribution in [1.82, 2.24) is 15.1 Å². The van der Waals surface area contributed by atoms with Gasteiger partial charge in [-0.3, -0.25) is 19.7 Å². The fourth-order valence-corrected chi connectivity index (χ4v) is 4.56. The van der Waals surface area contributed by atoms with Gasteiger partial charge in [-0.05, 0) is 70.2 Å². The molecule has 0 aromatic heterocycles. The molecule has 2 unspecified atom stereocenters. The topological polar surface area (TPSA) is 95.8 Å². The molecule has 2 aliphatic rings. The van der Waals surface area contributed by atoms with Crippen LogP contribution in [0.1, 0.15) is 54.9 Å². The second-order valence-electron chi connectivity index (χ2n) is 8.61. The number of benzene rings is 1. The van der Waals surface area contributed by atoms with Crippen molar-refractivity contribution in [2.45, 2.75) is 52.0 Å². The van der Waals surface area contributed by atoms with Gasteiger partial charge in [-0.1, -0.05) is 6.92 Å². The number of nitrogens with one attached hydrogen (secondary N) is 1. The lowest BCUT2D eigenvalue weighted by Gasteiger charge is -2.30. The maximum atomic E-state index is 12.9. The summed E-state index contributed by atoms with van der Waals surface area (Å²) in [7, 11) is 0. The molecule has 164 valence electrons. The van der Waals surface area contributed by atoms with Gasteiger partial charge < -0.3 is 15.1 Å². The molecule has 0 spiro atoms. The lowest BCUT2D eigenvalue weighted by Crippen LogP contribution is -2.46. The Hall–Kier alpha value is -2.48. The van der Waals surface area contributed by atoms with Crippen LogP contribution in [0.4, 0.5) is 5.69 Å². The molecule has 8 nitrogen and oxygen atoms in total. The fraction of sp³-hybridized carbons (Fsp3) is 0.636. The van der Waals surface area contributed by atoms with E-state index >= 15 is 0 Å². The Kier molecular flexibility index (Phi) is 7.42. The zero-order valence-corrected chi connectivity index (χ0v) is 17.9. The fourth-order valence-electron chi connectivity index (χ4n) is 4.56. The van der Waals surface area contributed by atoms with Gasteiger partial charge in [0.15, 0.2) is 0 Å². The van der Waals surface area contributed by atoms with Crippen LogP contribution in [0.3, 0.4) is 0 Å². The number of rotatable bonds is 7. The Morgan fingerprint density at radius 1 is 1.23 bits per heavy atom. The number of nitro benzene ring substituents is 1. The Morgan fingerprint density at radius 2 is 2.00 bits per heavy atom. The number of nitro groups is 1. The van der Waals surface area contributed by atoms with Crippen LogP contribution < -0.4 is 5.32 Å². The van der Waals surface area contributed by atoms with Gasteiger partial charge in [0.05, 0.1) is 4.92 Å². The molecule has 1 aromatic carbocycles. The molecular weight excluding hydrogens is 384 g/mol. The predicted molar refractivity (Wildman–Crippen MR) is 114 cm³/mol. The summed E-state index contributed by atoms with van der Waals surface area (Å²) in [5.41, 5.74) is 0.820. The zero-order chi connectivity index (χ0) is 21.7. The van der Waals surface area contributed by atoms with Crippen molar-refractivity contribution in [1.29, 1.82) is 0 Å². The highest BCUT2D eigenvalue weighted by molar-refractivity contribution is 5.98. The van der Waals surface area contributed by atoms with Crippen molar-refractivity contribution in [2.75, 3.05) is 32.7 Å². The number of carbonyl (C=O) groups excluding carboxylic acids is 2. The van der Waals surface area contributed by atoms with E-state index in [0.717, 1.165) is 38.4 Å². The molecule has 2 amide bonds. The summed E-state index contributed by atoms with van der Waals surface area (Å²) in [6.07, 6.45) is 4.87. The summed E-state index contributed by atoms with van der Waals surface area (Å²) in [5, 5.41) is 14.0. The first kappa shape index (κ1) is 22.2. The zero-order valence-electron chi connectivity index (χ0n) is 17.9. The minimum absolute atomic E-state index is 0.00892. The van der Waals surface area contributed by atoms with Gasteiger partial charge in [0.1, 0.15) is 6.04 Å². The quantitative estimate of drug-likeness (QED) is 0.419. The van der Waals surface area contributed by atoms with Crippen molar-refractivity contribution in [2.24, 2.45) is 5.92 Å². The Bertz CT molecular complexity index is 797. The van der Waals surface area contributed by atoms with Gasteiger partial charge in [0.25, 0.3) is 11.6 Å². The summed E-state index contributed by atoms with van der Waals surface area (Å²) in [4.78, 5) is 40.2. The van der Waals surface area contributed by atoms with Crippen LogP contribution in [0, 0.1) is 23.0 Å². The number of hydrogen-bond acceptors (Lipinski definition) is 5. The molecule has 8 heteroatoms. The van der Waals surface area contributed by atoms with Gasteiger partial charge in [-0.25, -0.2) is 0 Å². The second-order valence-corrected chi connectivity index (χ2v) is 8.61. The summed E-state index contributed by atoms with van der Waals surface area (Å²) >= 11 is 0. The van der Waals surface area contributed by atoms with Crippen LogP contribution in [0.15, 0.2) is 18.2 Å². The number of carbonyl (C=O) groups is 2. The standard InChI is InChI=1S/C22H32N4O4/c1-16-6-3-11-24(15-16)12-5-10-23-21(27)20-7-4-13-25(20)22(28)18-8-9-19(26(29)30)17(2)14-18/h8-9,14,16,20H,3-7,10-13,15H2,1-2H3,(H,23,27). The molecule has 2 saturated heterocycles. The van der Waals surface area contributed by atoms with Crippen LogP contribution >= 0.6 is 0 Å². The van der Waals surface area contributed by atoms with Crippen LogP contribution in [-0.2, 0) is 4.79 Å². The van der Waals surface area contributed by atoms with Gasteiger partial charge in [-0.2, -0.15) is 0 Å². The molecule has 2 aliphatic heterocycles. The number of hydrogen-bond donors (Lipinski definition) is 1. The van der Waals surface area contributed by atoms with Crippen molar-refractivity contribution >= 4 is 17.5 Å². The van der Waals surface area contributed by atoms with E-state index in [1.165, 1.54) is 31.0 Å². The van der Waals surface area contributed by atoms with Crippen LogP contribution in [0.25, 0.3) is 0 Å². The largest absolute Gasteiger partial charge is 0.354 e. The lowest BCUT2D eigenvalue weighted by molar-refractivity contribution is -0.385. The highest BCUT2D eigenvalue weighted by atomic mass is 16.6. The normalized spacial score (nSPS) is 22.1. The molecule has 2 heterocycles. The van der Waals surface area contributed by atoms with Crippen LogP contribution in [0.2, 0.25) is 0 Å². The molecule has 0 saturated carbocycles. The monoisotopic (exact) mass is 416 g/mol. The van der Waals surface area contributed by atoms with E-state index in [1.807, 2.05) is 0 Å². The van der Waals surface area contributed by atoms with E-state index in [0.29, 0.717) is 30.6 Å². The lowest BCUT2D eigenvalue weighted by atomic mass is 10.0. The highest BCUT2D eigenvalue weighted by Gasteiger charge is 2.34. The van der Waals surface area contributed by atoms with E-state index in [4.69, 9.17) is 0 Å². The molecule has 30 heavy (non-hydrogen) atoms. The summed E-state index contributed by atoms with van der Waals surface area (Å²) in [6.45, 7) is 8.29. The average Bonchev–Trinajstić information content (AvgIpc) is 3.20. The Balaban J connectivity index is 1.51. The maximum Gasteiger partial charge on any atom is 0.272 e. The molecule has 1 aromatic rings. The van der Waals surface area contributed by atoms with E-state index < -0.39 is 11.0 Å². The highest BCUT2D eigenvalue weighted by Crippen LogP contribution is 2.24. The molecule has 2 fully saturated rings. The number of piperidine rings is 1. The first-order valence-electron chi connectivity index (χ1n) is 10.9. The average molecular weight is 417 g/mol. The minimum atomic E-state index is -0.469. The Labute approximate surface area is 177 Å². The molecule has 3 rings (SSSR count). The summed E-state index contributed by atoms with van der Waals surface area (Å²) in [5.74, 6) is 0.397. The summed E-state index contributed by atoms with van der Waals surface area (Å²) in [6, 6.07) is 3.89. The number of amides is 2. The molecular formula is C22H32N4O4. The third-order valence-corrected chi connectivity index (χ3v) is 6.15.